The van der Waals surface area contributed by atoms with Crippen LogP contribution in [-0.2, 0) is 0 Å². The second kappa shape index (κ2) is 6.76. The number of amides is 2. The van der Waals surface area contributed by atoms with Gasteiger partial charge in [-0.2, -0.15) is 5.26 Å². The van der Waals surface area contributed by atoms with E-state index in [9.17, 15) is 9.90 Å². The van der Waals surface area contributed by atoms with Crippen LogP contribution in [0.25, 0.3) is 0 Å². The zero-order chi connectivity index (χ0) is 14.3. The summed E-state index contributed by atoms with van der Waals surface area (Å²) in [6.07, 6.45) is 1.15. The van der Waals surface area contributed by atoms with E-state index in [1.54, 1.807) is 24.3 Å². The Bertz CT molecular complexity index is 476. The van der Waals surface area contributed by atoms with Crippen molar-refractivity contribution in [3.05, 3.63) is 29.8 Å². The molecular formula is C14H19N3O2. The first-order valence-corrected chi connectivity index (χ1v) is 6.30. The van der Waals surface area contributed by atoms with Crippen molar-refractivity contribution in [2.45, 2.75) is 32.3 Å². The van der Waals surface area contributed by atoms with Crippen molar-refractivity contribution in [3.63, 3.8) is 0 Å². The van der Waals surface area contributed by atoms with Crippen LogP contribution < -0.4 is 10.6 Å². The Kier molecular flexibility index (Phi) is 5.34. The Balaban J connectivity index is 2.54. The Morgan fingerprint density at radius 1 is 1.42 bits per heavy atom. The summed E-state index contributed by atoms with van der Waals surface area (Å²) in [6.45, 7) is 3.95. The van der Waals surface area contributed by atoms with Crippen molar-refractivity contribution in [1.29, 1.82) is 5.26 Å². The van der Waals surface area contributed by atoms with Gasteiger partial charge in [-0.3, -0.25) is 0 Å². The molecule has 5 heteroatoms. The van der Waals surface area contributed by atoms with E-state index in [1.165, 1.54) is 0 Å². The van der Waals surface area contributed by atoms with E-state index in [0.717, 1.165) is 0 Å². The number of carbonyl (C=O) groups is 1. The minimum atomic E-state index is -0.869. The van der Waals surface area contributed by atoms with E-state index in [2.05, 4.69) is 10.6 Å². The highest BCUT2D eigenvalue weighted by Crippen LogP contribution is 2.13. The number of benzene rings is 1. The third-order valence-corrected chi connectivity index (χ3v) is 3.14. The molecule has 0 heterocycles. The molecule has 0 aliphatic carbocycles. The minimum Gasteiger partial charge on any atom is -0.388 e. The molecule has 0 atom stereocenters. The van der Waals surface area contributed by atoms with Crippen LogP contribution in [0.5, 0.6) is 0 Å². The number of nitrogens with zero attached hydrogens (tertiary/aromatic N) is 1. The van der Waals surface area contributed by atoms with Gasteiger partial charge in [0.1, 0.15) is 0 Å². The Labute approximate surface area is 113 Å². The first kappa shape index (κ1) is 15.0. The van der Waals surface area contributed by atoms with E-state index < -0.39 is 11.6 Å². The number of rotatable bonds is 5. The topological polar surface area (TPSA) is 85.2 Å². The molecular weight excluding hydrogens is 242 g/mol. The van der Waals surface area contributed by atoms with Crippen LogP contribution in [0.1, 0.15) is 32.3 Å². The Morgan fingerprint density at radius 3 is 2.68 bits per heavy atom. The lowest BCUT2D eigenvalue weighted by Gasteiger charge is -2.25. The molecule has 0 fully saturated rings. The van der Waals surface area contributed by atoms with Gasteiger partial charge in [0.25, 0.3) is 0 Å². The van der Waals surface area contributed by atoms with Crippen LogP contribution in [0.4, 0.5) is 10.5 Å². The summed E-state index contributed by atoms with van der Waals surface area (Å²) in [5.74, 6) is 0. The monoisotopic (exact) mass is 261 g/mol. The van der Waals surface area contributed by atoms with Gasteiger partial charge in [-0.1, -0.05) is 19.9 Å². The second-order valence-electron chi connectivity index (χ2n) is 4.43. The molecule has 0 saturated carbocycles. The highest BCUT2D eigenvalue weighted by Gasteiger charge is 2.22. The fraction of sp³-hybridized carbons (Fsp3) is 0.429. The molecule has 0 bridgehead atoms. The van der Waals surface area contributed by atoms with Gasteiger partial charge in [-0.15, -0.1) is 0 Å². The van der Waals surface area contributed by atoms with Gasteiger partial charge in [0.05, 0.1) is 17.2 Å². The molecule has 2 amide bonds. The van der Waals surface area contributed by atoms with Crippen molar-refractivity contribution >= 4 is 11.7 Å². The third kappa shape index (κ3) is 4.60. The molecule has 19 heavy (non-hydrogen) atoms. The average Bonchev–Trinajstić information content (AvgIpc) is 2.45. The van der Waals surface area contributed by atoms with Crippen LogP contribution in [0, 0.1) is 11.3 Å². The van der Waals surface area contributed by atoms with Crippen molar-refractivity contribution in [3.8, 4) is 6.07 Å². The van der Waals surface area contributed by atoms with Crippen LogP contribution in [0.15, 0.2) is 24.3 Å². The van der Waals surface area contributed by atoms with E-state index >= 15 is 0 Å². The number of aliphatic hydroxyl groups is 1. The van der Waals surface area contributed by atoms with Crippen molar-refractivity contribution < 1.29 is 9.90 Å². The number of urea groups is 1. The molecule has 1 aromatic rings. The maximum Gasteiger partial charge on any atom is 0.319 e. The van der Waals surface area contributed by atoms with E-state index in [-0.39, 0.29) is 6.54 Å². The summed E-state index contributed by atoms with van der Waals surface area (Å²) in [7, 11) is 0. The fourth-order valence-corrected chi connectivity index (χ4v) is 1.59. The molecule has 0 spiro atoms. The predicted molar refractivity (Wildman–Crippen MR) is 73.7 cm³/mol. The largest absolute Gasteiger partial charge is 0.388 e. The zero-order valence-electron chi connectivity index (χ0n) is 11.2. The molecule has 102 valence electrons. The third-order valence-electron chi connectivity index (χ3n) is 3.14. The second-order valence-corrected chi connectivity index (χ2v) is 4.43. The number of nitriles is 1. The minimum absolute atomic E-state index is 0.198. The molecule has 0 aliphatic rings. The number of anilines is 1. The zero-order valence-corrected chi connectivity index (χ0v) is 11.2. The highest BCUT2D eigenvalue weighted by molar-refractivity contribution is 5.89. The molecule has 0 aliphatic heterocycles. The number of hydrogen-bond acceptors (Lipinski definition) is 3. The molecule has 0 aromatic heterocycles. The van der Waals surface area contributed by atoms with Crippen molar-refractivity contribution in [2.75, 3.05) is 11.9 Å². The number of hydrogen-bond donors (Lipinski definition) is 3. The maximum absolute atomic E-state index is 11.7. The molecule has 3 N–H and O–H groups in total. The lowest BCUT2D eigenvalue weighted by molar-refractivity contribution is 0.0354. The van der Waals surface area contributed by atoms with Crippen LogP contribution in [0.2, 0.25) is 0 Å². The lowest BCUT2D eigenvalue weighted by Crippen LogP contribution is -2.43. The summed E-state index contributed by atoms with van der Waals surface area (Å²) >= 11 is 0. The molecule has 1 aromatic carbocycles. The highest BCUT2D eigenvalue weighted by atomic mass is 16.3. The Morgan fingerprint density at radius 2 is 2.11 bits per heavy atom. The quantitative estimate of drug-likeness (QED) is 0.759. The van der Waals surface area contributed by atoms with Gasteiger partial charge in [0, 0.05) is 12.2 Å². The van der Waals surface area contributed by atoms with Crippen LogP contribution in [-0.4, -0.2) is 23.3 Å². The average molecular weight is 261 g/mol. The molecule has 0 saturated heterocycles. The first-order chi connectivity index (χ1) is 9.03. The molecule has 5 nitrogen and oxygen atoms in total. The van der Waals surface area contributed by atoms with E-state index in [4.69, 9.17) is 5.26 Å². The Hall–Kier alpha value is -2.06. The fourth-order valence-electron chi connectivity index (χ4n) is 1.59. The standard InChI is InChI=1S/C14H19N3O2/c1-3-14(19,4-2)10-16-13(18)17-12-7-5-6-11(8-12)9-15/h5-8,19H,3-4,10H2,1-2H3,(H2,16,17,18). The summed E-state index contributed by atoms with van der Waals surface area (Å²) in [5.41, 5.74) is 0.163. The molecule has 0 radical (unpaired) electrons. The van der Waals surface area contributed by atoms with Gasteiger partial charge < -0.3 is 15.7 Å². The molecule has 0 unspecified atom stereocenters. The smallest absolute Gasteiger partial charge is 0.319 e. The summed E-state index contributed by atoms with van der Waals surface area (Å²) in [5, 5.41) is 24.1. The summed E-state index contributed by atoms with van der Waals surface area (Å²) in [6, 6.07) is 8.26. The van der Waals surface area contributed by atoms with Crippen molar-refractivity contribution in [2.24, 2.45) is 0 Å². The number of nitrogens with one attached hydrogen (secondary N) is 2. The van der Waals surface area contributed by atoms with Crippen molar-refractivity contribution in [1.82, 2.24) is 5.32 Å². The SMILES string of the molecule is CCC(O)(CC)CNC(=O)Nc1cccc(C#N)c1. The van der Waals surface area contributed by atoms with E-state index in [1.807, 2.05) is 19.9 Å². The number of carbonyl (C=O) groups excluding carboxylic acids is 1. The van der Waals surface area contributed by atoms with Gasteiger partial charge in [0.15, 0.2) is 0 Å². The lowest BCUT2D eigenvalue weighted by atomic mass is 9.98. The summed E-state index contributed by atoms with van der Waals surface area (Å²) < 4.78 is 0. The van der Waals surface area contributed by atoms with Crippen LogP contribution >= 0.6 is 0 Å². The summed E-state index contributed by atoms with van der Waals surface area (Å²) in [4.78, 5) is 11.7. The normalized spacial score (nSPS) is 10.6. The van der Waals surface area contributed by atoms with Gasteiger partial charge >= 0.3 is 6.03 Å². The van der Waals surface area contributed by atoms with Gasteiger partial charge in [-0.05, 0) is 31.0 Å². The molecule has 1 rings (SSSR count). The van der Waals surface area contributed by atoms with Crippen LogP contribution in [0.3, 0.4) is 0 Å². The predicted octanol–water partition coefficient (Wildman–Crippen LogP) is 2.23. The van der Waals surface area contributed by atoms with E-state index in [0.29, 0.717) is 24.1 Å². The van der Waals surface area contributed by atoms with Gasteiger partial charge in [0.2, 0.25) is 0 Å². The van der Waals surface area contributed by atoms with Gasteiger partial charge in [-0.25, -0.2) is 4.79 Å². The maximum atomic E-state index is 11.7. The first-order valence-electron chi connectivity index (χ1n) is 6.30.